The maximum atomic E-state index is 7.63. The number of anilines is 1. The number of allylic oxidation sites excluding steroid dienone is 3. The second-order valence-electron chi connectivity index (χ2n) is 4.97. The first-order chi connectivity index (χ1) is 10.5. The zero-order chi connectivity index (χ0) is 15.7. The Morgan fingerprint density at radius 2 is 2.05 bits per heavy atom. The molecule has 2 heterocycles. The summed E-state index contributed by atoms with van der Waals surface area (Å²) in [6.07, 6.45) is 1.85. The number of piperazine rings is 1. The van der Waals surface area contributed by atoms with E-state index < -0.39 is 17.7 Å². The molecule has 1 fully saturated rings. The quantitative estimate of drug-likeness (QED) is 0.807. The van der Waals surface area contributed by atoms with Crippen LogP contribution in [0.5, 0.6) is 0 Å². The van der Waals surface area contributed by atoms with Gasteiger partial charge in [0.2, 0.25) is 0 Å². The molecule has 3 rings (SSSR count). The fourth-order valence-electron chi connectivity index (χ4n) is 2.67. The zero-order valence-electron chi connectivity index (χ0n) is 14.2. The number of rotatable bonds is 2. The van der Waals surface area contributed by atoms with Crippen LogP contribution in [0.2, 0.25) is 0 Å². The molecule has 2 aliphatic rings. The van der Waals surface area contributed by atoms with E-state index in [4.69, 9.17) is 4.11 Å². The van der Waals surface area contributed by atoms with Crippen molar-refractivity contribution in [2.45, 2.75) is 18.7 Å². The molecule has 1 saturated heterocycles. The Bertz CT molecular complexity index is 616. The molecule has 0 aliphatic carbocycles. The molecule has 2 aliphatic heterocycles. The lowest BCUT2D eigenvalue weighted by Crippen LogP contribution is -2.43. The van der Waals surface area contributed by atoms with Crippen LogP contribution in [0.4, 0.5) is 5.69 Å². The number of nitrogens with one attached hydrogen (secondary N) is 1. The van der Waals surface area contributed by atoms with Gasteiger partial charge in [-0.05, 0) is 41.8 Å². The van der Waals surface area contributed by atoms with Crippen LogP contribution >= 0.6 is 10.9 Å². The average molecular weight is 277 g/mol. The van der Waals surface area contributed by atoms with Crippen molar-refractivity contribution in [2.75, 3.05) is 31.1 Å². The van der Waals surface area contributed by atoms with Crippen molar-refractivity contribution in [1.29, 1.82) is 0 Å². The van der Waals surface area contributed by atoms with Gasteiger partial charge < -0.3 is 10.2 Å². The van der Waals surface area contributed by atoms with E-state index >= 15 is 0 Å². The molecule has 1 atom stereocenters. The van der Waals surface area contributed by atoms with Gasteiger partial charge in [-0.1, -0.05) is 18.2 Å². The first-order valence-corrected chi connectivity index (χ1v) is 8.12. The van der Waals surface area contributed by atoms with Gasteiger partial charge in [0.05, 0.1) is 0 Å². The number of hydrogen-bond acceptors (Lipinski definition) is 2. The van der Waals surface area contributed by atoms with Crippen molar-refractivity contribution in [1.82, 2.24) is 5.32 Å². The van der Waals surface area contributed by atoms with E-state index in [9.17, 15) is 0 Å². The smallest absolute Gasteiger partial charge is 0.0494 e. The fraction of sp³-hybridized carbons (Fsp3) is 0.375. The number of para-hydroxylation sites is 1. The van der Waals surface area contributed by atoms with Crippen LogP contribution in [0.1, 0.15) is 17.9 Å². The van der Waals surface area contributed by atoms with Gasteiger partial charge >= 0.3 is 0 Å². The predicted molar refractivity (Wildman–Crippen MR) is 86.3 cm³/mol. The molecule has 2 nitrogen and oxygen atoms in total. The van der Waals surface area contributed by atoms with Crippen molar-refractivity contribution < 1.29 is 4.11 Å². The molecule has 0 saturated carbocycles. The Morgan fingerprint density at radius 3 is 2.79 bits per heavy atom. The van der Waals surface area contributed by atoms with Crippen molar-refractivity contribution in [3.8, 4) is 0 Å². The second-order valence-corrected chi connectivity index (χ2v) is 7.15. The highest BCUT2D eigenvalue weighted by Gasteiger charge is 2.19. The summed E-state index contributed by atoms with van der Waals surface area (Å²) in [4.78, 5) is 4.85. The SMILES string of the molecule is [2H]C([2H])([2H])C1=C[SH](c2ccccc2N2CCNCC2)C(C)=C1. The van der Waals surface area contributed by atoms with E-state index in [2.05, 4.69) is 41.4 Å². The van der Waals surface area contributed by atoms with E-state index in [0.717, 1.165) is 26.2 Å². The summed E-state index contributed by atoms with van der Waals surface area (Å²) in [5, 5.41) is 5.35. The zero-order valence-corrected chi connectivity index (χ0v) is 12.1. The molecule has 1 aromatic rings. The first kappa shape index (κ1) is 9.67. The van der Waals surface area contributed by atoms with Crippen LogP contribution in [0, 0.1) is 0 Å². The second kappa shape index (κ2) is 5.43. The van der Waals surface area contributed by atoms with Crippen LogP contribution < -0.4 is 10.2 Å². The first-order valence-electron chi connectivity index (χ1n) is 8.21. The minimum atomic E-state index is -2.01. The van der Waals surface area contributed by atoms with Gasteiger partial charge in [0.25, 0.3) is 0 Å². The minimum Gasteiger partial charge on any atom is -0.368 e. The van der Waals surface area contributed by atoms with E-state index in [-0.39, 0.29) is 0 Å². The Kier molecular flexibility index (Phi) is 2.77. The molecule has 0 spiro atoms. The Labute approximate surface area is 122 Å². The maximum Gasteiger partial charge on any atom is 0.0494 e. The van der Waals surface area contributed by atoms with Crippen LogP contribution in [-0.4, -0.2) is 26.2 Å². The van der Waals surface area contributed by atoms with Gasteiger partial charge in [-0.2, -0.15) is 10.9 Å². The third-order valence-corrected chi connectivity index (χ3v) is 5.93. The summed E-state index contributed by atoms with van der Waals surface area (Å²) in [6, 6.07) is 8.44. The summed E-state index contributed by atoms with van der Waals surface area (Å²) in [5.41, 5.74) is 1.75. The van der Waals surface area contributed by atoms with Crippen molar-refractivity contribution >= 4 is 16.6 Å². The molecule has 1 aromatic carbocycles. The maximum absolute atomic E-state index is 7.63. The summed E-state index contributed by atoms with van der Waals surface area (Å²) in [6.45, 7) is 4.03. The van der Waals surface area contributed by atoms with Gasteiger partial charge in [0.15, 0.2) is 0 Å². The molecule has 0 amide bonds. The van der Waals surface area contributed by atoms with Gasteiger partial charge in [0.1, 0.15) is 0 Å². The van der Waals surface area contributed by atoms with Gasteiger partial charge in [-0.25, -0.2) is 0 Å². The van der Waals surface area contributed by atoms with E-state index in [0.29, 0.717) is 5.57 Å². The number of hydrogen-bond donors (Lipinski definition) is 2. The molecule has 0 bridgehead atoms. The van der Waals surface area contributed by atoms with Crippen molar-refractivity contribution in [2.24, 2.45) is 0 Å². The molecule has 0 radical (unpaired) electrons. The van der Waals surface area contributed by atoms with E-state index in [1.54, 1.807) is 0 Å². The molecule has 3 heteroatoms. The monoisotopic (exact) mass is 277 g/mol. The Hall–Kier alpha value is -1.19. The normalized spacial score (nSPS) is 28.2. The highest BCUT2D eigenvalue weighted by molar-refractivity contribution is 8.23. The van der Waals surface area contributed by atoms with Crippen molar-refractivity contribution in [3.05, 3.63) is 46.2 Å². The molecule has 19 heavy (non-hydrogen) atoms. The molecular weight excluding hydrogens is 252 g/mol. The predicted octanol–water partition coefficient (Wildman–Crippen LogP) is 3.28. The third kappa shape index (κ3) is 2.58. The molecular formula is C16H22N2S. The van der Waals surface area contributed by atoms with Crippen LogP contribution in [0.15, 0.2) is 51.1 Å². The van der Waals surface area contributed by atoms with Gasteiger partial charge in [-0.15, -0.1) is 0 Å². The molecule has 1 N–H and O–H groups in total. The number of benzene rings is 1. The topological polar surface area (TPSA) is 15.3 Å². The minimum absolute atomic E-state index is 0.492. The van der Waals surface area contributed by atoms with Gasteiger partial charge in [-0.3, -0.25) is 0 Å². The Balaban J connectivity index is 1.96. The van der Waals surface area contributed by atoms with Crippen molar-refractivity contribution in [3.63, 3.8) is 0 Å². The highest BCUT2D eigenvalue weighted by Crippen LogP contribution is 2.53. The van der Waals surface area contributed by atoms with Crippen LogP contribution in [0.25, 0.3) is 0 Å². The molecule has 102 valence electrons. The molecule has 0 aromatic heterocycles. The third-order valence-electron chi connectivity index (χ3n) is 3.61. The van der Waals surface area contributed by atoms with Crippen LogP contribution in [-0.2, 0) is 0 Å². The van der Waals surface area contributed by atoms with E-state index in [1.165, 1.54) is 15.5 Å². The molecule has 1 unspecified atom stereocenters. The van der Waals surface area contributed by atoms with E-state index in [1.807, 2.05) is 11.5 Å². The lowest BCUT2D eigenvalue weighted by molar-refractivity contribution is 0.587. The summed E-state index contributed by atoms with van der Waals surface area (Å²) in [7, 11) is -0.674. The summed E-state index contributed by atoms with van der Waals surface area (Å²) in [5.74, 6) is 0. The lowest BCUT2D eigenvalue weighted by Gasteiger charge is -2.33. The Morgan fingerprint density at radius 1 is 1.26 bits per heavy atom. The number of thiol groups is 1. The summed E-state index contributed by atoms with van der Waals surface area (Å²) >= 11 is 0. The fourth-order valence-corrected chi connectivity index (χ4v) is 4.74. The highest BCUT2D eigenvalue weighted by atomic mass is 32.2. The van der Waals surface area contributed by atoms with Gasteiger partial charge in [0, 0.05) is 40.9 Å². The average Bonchev–Trinajstić information content (AvgIpc) is 2.90. The number of nitrogens with zero attached hydrogens (tertiary/aromatic N) is 1. The lowest BCUT2D eigenvalue weighted by atomic mass is 10.2. The standard InChI is InChI=1S/C16H22N2S/c1-13-11-14(2)19(12-13)16-6-4-3-5-15(16)18-9-7-17-8-10-18/h3-6,11-12,17,19H,7-10H2,1-2H3/i1D3. The summed E-state index contributed by atoms with van der Waals surface area (Å²) < 4.78 is 22.9. The van der Waals surface area contributed by atoms with Crippen LogP contribution in [0.3, 0.4) is 0 Å². The largest absolute Gasteiger partial charge is 0.368 e.